The van der Waals surface area contributed by atoms with Crippen LogP contribution in [0.3, 0.4) is 0 Å². The Hall–Kier alpha value is 0.350. The first-order valence-electron chi connectivity index (χ1n) is 5.26. The molecule has 1 aliphatic heterocycles. The molecule has 4 nitrogen and oxygen atoms in total. The van der Waals surface area contributed by atoms with E-state index in [-0.39, 0.29) is 0 Å². The standard InChI is InChI=1S/C9H19BrN2O2S/c1-9-3-6-12(7-4-9)15(13,14)11(2)8-5-10/h9H,3-8H2,1-2H3. The van der Waals surface area contributed by atoms with Gasteiger partial charge in [-0.2, -0.15) is 17.0 Å². The lowest BCUT2D eigenvalue weighted by molar-refractivity contribution is 0.272. The molecule has 0 aromatic heterocycles. The Labute approximate surface area is 101 Å². The lowest BCUT2D eigenvalue weighted by Crippen LogP contribution is -2.45. The predicted molar refractivity (Wildman–Crippen MR) is 65.3 cm³/mol. The first-order chi connectivity index (χ1) is 6.98. The van der Waals surface area contributed by atoms with Gasteiger partial charge >= 0.3 is 0 Å². The highest BCUT2D eigenvalue weighted by Gasteiger charge is 2.29. The molecule has 1 saturated heterocycles. The molecule has 6 heteroatoms. The van der Waals surface area contributed by atoms with Gasteiger partial charge < -0.3 is 0 Å². The second kappa shape index (κ2) is 5.61. The van der Waals surface area contributed by atoms with Crippen molar-refractivity contribution in [2.45, 2.75) is 19.8 Å². The number of alkyl halides is 1. The third kappa shape index (κ3) is 3.41. The molecule has 1 rings (SSSR count). The summed E-state index contributed by atoms with van der Waals surface area (Å²) in [5.41, 5.74) is 0. The molecule has 1 heterocycles. The van der Waals surface area contributed by atoms with Crippen molar-refractivity contribution >= 4 is 26.1 Å². The van der Waals surface area contributed by atoms with E-state index in [4.69, 9.17) is 0 Å². The maximum atomic E-state index is 12.0. The topological polar surface area (TPSA) is 40.6 Å². The van der Waals surface area contributed by atoms with E-state index in [2.05, 4.69) is 22.9 Å². The van der Waals surface area contributed by atoms with Crippen LogP contribution in [0, 0.1) is 5.92 Å². The van der Waals surface area contributed by atoms with Gasteiger partial charge in [-0.25, -0.2) is 0 Å². The van der Waals surface area contributed by atoms with Crippen LogP contribution in [0.2, 0.25) is 0 Å². The lowest BCUT2D eigenvalue weighted by Gasteiger charge is -2.32. The minimum Gasteiger partial charge on any atom is -0.195 e. The van der Waals surface area contributed by atoms with Crippen LogP contribution in [0.1, 0.15) is 19.8 Å². The largest absolute Gasteiger partial charge is 0.281 e. The Balaban J connectivity index is 2.61. The lowest BCUT2D eigenvalue weighted by atomic mass is 10.0. The SMILES string of the molecule is CC1CCN(S(=O)(=O)N(C)CCBr)CC1. The van der Waals surface area contributed by atoms with E-state index in [0.29, 0.717) is 30.9 Å². The Kier molecular flexibility index (Phi) is 5.02. The van der Waals surface area contributed by atoms with Crippen LogP contribution < -0.4 is 0 Å². The average molecular weight is 299 g/mol. The molecule has 0 aromatic rings. The van der Waals surface area contributed by atoms with E-state index in [0.717, 1.165) is 12.8 Å². The third-order valence-electron chi connectivity index (χ3n) is 2.86. The number of hydrogen-bond acceptors (Lipinski definition) is 2. The maximum absolute atomic E-state index is 12.0. The minimum atomic E-state index is -3.21. The monoisotopic (exact) mass is 298 g/mol. The van der Waals surface area contributed by atoms with Crippen LogP contribution >= 0.6 is 15.9 Å². The zero-order valence-electron chi connectivity index (χ0n) is 9.32. The van der Waals surface area contributed by atoms with Crippen molar-refractivity contribution < 1.29 is 8.42 Å². The van der Waals surface area contributed by atoms with E-state index in [9.17, 15) is 8.42 Å². The highest BCUT2D eigenvalue weighted by Crippen LogP contribution is 2.19. The highest BCUT2D eigenvalue weighted by molar-refractivity contribution is 9.09. The molecule has 0 radical (unpaired) electrons. The molecule has 1 aliphatic rings. The number of halogens is 1. The molecular formula is C9H19BrN2O2S. The summed E-state index contributed by atoms with van der Waals surface area (Å²) < 4.78 is 27.0. The van der Waals surface area contributed by atoms with E-state index < -0.39 is 10.2 Å². The van der Waals surface area contributed by atoms with Gasteiger partial charge in [0.15, 0.2) is 0 Å². The van der Waals surface area contributed by atoms with E-state index >= 15 is 0 Å². The van der Waals surface area contributed by atoms with Crippen LogP contribution in [0.4, 0.5) is 0 Å². The van der Waals surface area contributed by atoms with Crippen molar-refractivity contribution in [2.24, 2.45) is 5.92 Å². The average Bonchev–Trinajstić information content (AvgIpc) is 2.18. The van der Waals surface area contributed by atoms with Gasteiger partial charge in [0.1, 0.15) is 0 Å². The molecule has 0 aliphatic carbocycles. The number of hydrogen-bond donors (Lipinski definition) is 0. The van der Waals surface area contributed by atoms with Crippen molar-refractivity contribution in [1.82, 2.24) is 8.61 Å². The molecular weight excluding hydrogens is 280 g/mol. The molecule has 0 amide bonds. The van der Waals surface area contributed by atoms with Gasteiger partial charge in [0.05, 0.1) is 0 Å². The summed E-state index contributed by atoms with van der Waals surface area (Å²) in [7, 11) is -1.58. The fourth-order valence-corrected chi connectivity index (χ4v) is 3.80. The Morgan fingerprint density at radius 1 is 1.40 bits per heavy atom. The summed E-state index contributed by atoms with van der Waals surface area (Å²) in [5.74, 6) is 0.651. The van der Waals surface area contributed by atoms with E-state index in [1.54, 1.807) is 11.4 Å². The fraction of sp³-hybridized carbons (Fsp3) is 1.00. The zero-order valence-corrected chi connectivity index (χ0v) is 11.7. The van der Waals surface area contributed by atoms with Gasteiger partial charge in [-0.15, -0.1) is 0 Å². The van der Waals surface area contributed by atoms with Gasteiger partial charge in [0.2, 0.25) is 0 Å². The first-order valence-corrected chi connectivity index (χ1v) is 7.77. The highest BCUT2D eigenvalue weighted by atomic mass is 79.9. The molecule has 0 saturated carbocycles. The van der Waals surface area contributed by atoms with Crippen molar-refractivity contribution in [3.8, 4) is 0 Å². The normalized spacial score (nSPS) is 21.1. The Bertz CT molecular complexity index is 286. The molecule has 0 spiro atoms. The molecule has 1 fully saturated rings. The summed E-state index contributed by atoms with van der Waals surface area (Å²) in [4.78, 5) is 0. The summed E-state index contributed by atoms with van der Waals surface area (Å²) in [6.07, 6.45) is 1.95. The van der Waals surface area contributed by atoms with Crippen molar-refractivity contribution in [3.05, 3.63) is 0 Å². The van der Waals surface area contributed by atoms with Gasteiger partial charge in [-0.05, 0) is 18.8 Å². The molecule has 0 N–H and O–H groups in total. The molecule has 0 unspecified atom stereocenters. The van der Waals surface area contributed by atoms with Gasteiger partial charge in [0, 0.05) is 32.0 Å². The summed E-state index contributed by atoms with van der Waals surface area (Å²) in [6, 6.07) is 0. The second-order valence-corrected chi connectivity index (χ2v) is 6.93. The summed E-state index contributed by atoms with van der Waals surface area (Å²) in [6.45, 7) is 4.02. The molecule has 0 atom stereocenters. The Morgan fingerprint density at radius 2 is 1.93 bits per heavy atom. The first kappa shape index (κ1) is 13.4. The Morgan fingerprint density at radius 3 is 2.40 bits per heavy atom. The number of nitrogens with zero attached hydrogens (tertiary/aromatic N) is 2. The van der Waals surface area contributed by atoms with E-state index in [1.165, 1.54) is 4.31 Å². The minimum absolute atomic E-state index is 0.522. The zero-order chi connectivity index (χ0) is 11.5. The van der Waals surface area contributed by atoms with Gasteiger partial charge in [-0.3, -0.25) is 0 Å². The molecule has 90 valence electrons. The molecule has 0 aromatic carbocycles. The summed E-state index contributed by atoms with van der Waals surface area (Å²) in [5, 5.41) is 0.674. The van der Waals surface area contributed by atoms with Gasteiger partial charge in [-0.1, -0.05) is 22.9 Å². The second-order valence-electron chi connectivity index (χ2n) is 4.10. The van der Waals surface area contributed by atoms with Crippen LogP contribution in [0.15, 0.2) is 0 Å². The van der Waals surface area contributed by atoms with Gasteiger partial charge in [0.25, 0.3) is 10.2 Å². The molecule has 15 heavy (non-hydrogen) atoms. The quantitative estimate of drug-likeness (QED) is 0.734. The van der Waals surface area contributed by atoms with Crippen LogP contribution in [0.25, 0.3) is 0 Å². The van der Waals surface area contributed by atoms with Crippen molar-refractivity contribution in [3.63, 3.8) is 0 Å². The van der Waals surface area contributed by atoms with Crippen molar-refractivity contribution in [2.75, 3.05) is 32.0 Å². The number of rotatable bonds is 4. The maximum Gasteiger partial charge on any atom is 0.281 e. The predicted octanol–water partition coefficient (Wildman–Crippen LogP) is 1.29. The van der Waals surface area contributed by atoms with E-state index in [1.807, 2.05) is 0 Å². The van der Waals surface area contributed by atoms with Crippen molar-refractivity contribution in [1.29, 1.82) is 0 Å². The fourth-order valence-electron chi connectivity index (χ4n) is 1.65. The van der Waals surface area contributed by atoms with Crippen LogP contribution in [0.5, 0.6) is 0 Å². The third-order valence-corrected chi connectivity index (χ3v) is 5.20. The van der Waals surface area contributed by atoms with Crippen LogP contribution in [-0.4, -0.2) is 49.0 Å². The van der Waals surface area contributed by atoms with Crippen LogP contribution in [-0.2, 0) is 10.2 Å². The summed E-state index contributed by atoms with van der Waals surface area (Å²) >= 11 is 3.25. The smallest absolute Gasteiger partial charge is 0.195 e. The number of piperidine rings is 1. The molecule has 0 bridgehead atoms.